The van der Waals surface area contributed by atoms with Crippen LogP contribution in [0.25, 0.3) is 0 Å². The van der Waals surface area contributed by atoms with E-state index >= 15 is 0 Å². The largest absolute Gasteiger partial charge is 0.375 e. The van der Waals surface area contributed by atoms with Crippen LogP contribution in [0.5, 0.6) is 0 Å². The Morgan fingerprint density at radius 3 is 2.18 bits per heavy atom. The van der Waals surface area contributed by atoms with Crippen molar-refractivity contribution in [2.75, 3.05) is 6.61 Å². The smallest absolute Gasteiger partial charge is 0.0679 e. The minimum Gasteiger partial charge on any atom is -0.375 e. The van der Waals surface area contributed by atoms with Gasteiger partial charge in [-0.2, -0.15) is 0 Å². The predicted molar refractivity (Wildman–Crippen MR) is 47.7 cm³/mol. The first-order valence-corrected chi connectivity index (χ1v) is 4.97. The molecule has 1 saturated carbocycles. The van der Waals surface area contributed by atoms with E-state index in [1.807, 2.05) is 0 Å². The summed E-state index contributed by atoms with van der Waals surface area (Å²) in [5.74, 6) is 0. The minimum absolute atomic E-state index is 0.271. The zero-order chi connectivity index (χ0) is 8.16. The summed E-state index contributed by atoms with van der Waals surface area (Å²) in [5.41, 5.74) is 0.271. The van der Waals surface area contributed by atoms with E-state index in [2.05, 4.69) is 13.8 Å². The van der Waals surface area contributed by atoms with Crippen LogP contribution in [0.4, 0.5) is 0 Å². The van der Waals surface area contributed by atoms with Gasteiger partial charge in [0.25, 0.3) is 0 Å². The third-order valence-corrected chi connectivity index (χ3v) is 2.86. The molecule has 1 fully saturated rings. The second-order valence-electron chi connectivity index (χ2n) is 3.53. The molecule has 1 rings (SSSR count). The van der Waals surface area contributed by atoms with Crippen LogP contribution in [0.2, 0.25) is 0 Å². The Bertz CT molecular complexity index is 97.9. The van der Waals surface area contributed by atoms with Crippen LogP contribution in [0.1, 0.15) is 52.4 Å². The molecule has 11 heavy (non-hydrogen) atoms. The second-order valence-corrected chi connectivity index (χ2v) is 3.53. The maximum absolute atomic E-state index is 5.82. The molecule has 0 aliphatic heterocycles. The van der Waals surface area contributed by atoms with Crippen molar-refractivity contribution in [1.82, 2.24) is 0 Å². The van der Waals surface area contributed by atoms with Gasteiger partial charge in [0.15, 0.2) is 0 Å². The lowest BCUT2D eigenvalue weighted by Gasteiger charge is -2.36. The van der Waals surface area contributed by atoms with E-state index in [1.54, 1.807) is 0 Å². The Morgan fingerprint density at radius 1 is 1.09 bits per heavy atom. The summed E-state index contributed by atoms with van der Waals surface area (Å²) in [6.07, 6.45) is 7.92. The van der Waals surface area contributed by atoms with E-state index < -0.39 is 0 Å². The Balaban J connectivity index is 2.42. The molecule has 0 aromatic heterocycles. The Hall–Kier alpha value is -0.0400. The van der Waals surface area contributed by atoms with Crippen LogP contribution >= 0.6 is 0 Å². The molecular formula is C10H20O. The van der Waals surface area contributed by atoms with E-state index in [1.165, 1.54) is 38.5 Å². The van der Waals surface area contributed by atoms with Crippen molar-refractivity contribution in [3.63, 3.8) is 0 Å². The van der Waals surface area contributed by atoms with Crippen molar-refractivity contribution >= 4 is 0 Å². The molecule has 0 heterocycles. The maximum Gasteiger partial charge on any atom is 0.0679 e. The molecule has 1 aliphatic rings. The van der Waals surface area contributed by atoms with Crippen molar-refractivity contribution in [3.8, 4) is 0 Å². The molecule has 0 radical (unpaired) electrons. The lowest BCUT2D eigenvalue weighted by Crippen LogP contribution is -2.34. The monoisotopic (exact) mass is 156 g/mol. The van der Waals surface area contributed by atoms with E-state index in [0.29, 0.717) is 0 Å². The van der Waals surface area contributed by atoms with Crippen molar-refractivity contribution < 1.29 is 4.74 Å². The third kappa shape index (κ3) is 2.19. The van der Waals surface area contributed by atoms with E-state index in [0.717, 1.165) is 6.61 Å². The number of ether oxygens (including phenoxy) is 1. The molecule has 1 aliphatic carbocycles. The zero-order valence-corrected chi connectivity index (χ0v) is 7.86. The molecule has 1 nitrogen and oxygen atoms in total. The Labute approximate surface area is 70.1 Å². The van der Waals surface area contributed by atoms with Crippen molar-refractivity contribution in [3.05, 3.63) is 0 Å². The first-order chi connectivity index (χ1) is 5.33. The Kier molecular flexibility index (Phi) is 3.38. The summed E-state index contributed by atoms with van der Waals surface area (Å²) in [4.78, 5) is 0. The van der Waals surface area contributed by atoms with Crippen LogP contribution < -0.4 is 0 Å². The predicted octanol–water partition coefficient (Wildman–Crippen LogP) is 3.14. The molecule has 0 spiro atoms. The molecule has 0 aromatic rings. The van der Waals surface area contributed by atoms with Crippen molar-refractivity contribution in [2.24, 2.45) is 0 Å². The molecule has 0 amide bonds. The van der Waals surface area contributed by atoms with Gasteiger partial charge >= 0.3 is 0 Å². The quantitative estimate of drug-likeness (QED) is 0.610. The molecule has 0 atom stereocenters. The number of hydrogen-bond donors (Lipinski definition) is 0. The van der Waals surface area contributed by atoms with Crippen LogP contribution in [0, 0.1) is 0 Å². The fourth-order valence-corrected chi connectivity index (χ4v) is 2.10. The summed E-state index contributed by atoms with van der Waals surface area (Å²) >= 11 is 0. The van der Waals surface area contributed by atoms with Crippen molar-refractivity contribution in [1.29, 1.82) is 0 Å². The van der Waals surface area contributed by atoms with Gasteiger partial charge in [-0.1, -0.05) is 26.2 Å². The van der Waals surface area contributed by atoms with Crippen LogP contribution in [-0.2, 0) is 4.74 Å². The second kappa shape index (κ2) is 4.10. The molecule has 0 unspecified atom stereocenters. The summed E-state index contributed by atoms with van der Waals surface area (Å²) in [5, 5.41) is 0. The lowest BCUT2D eigenvalue weighted by atomic mass is 9.83. The number of hydrogen-bond acceptors (Lipinski definition) is 1. The summed E-state index contributed by atoms with van der Waals surface area (Å²) in [6, 6.07) is 0. The van der Waals surface area contributed by atoms with Gasteiger partial charge in [-0.05, 0) is 26.2 Å². The highest BCUT2D eigenvalue weighted by Crippen LogP contribution is 2.33. The first kappa shape index (κ1) is 9.05. The van der Waals surface area contributed by atoms with Gasteiger partial charge in [0.05, 0.1) is 5.60 Å². The summed E-state index contributed by atoms with van der Waals surface area (Å²) in [7, 11) is 0. The Morgan fingerprint density at radius 2 is 1.73 bits per heavy atom. The average Bonchev–Trinajstić information content (AvgIpc) is 2.07. The van der Waals surface area contributed by atoms with Gasteiger partial charge in [0.1, 0.15) is 0 Å². The lowest BCUT2D eigenvalue weighted by molar-refractivity contribution is -0.0669. The van der Waals surface area contributed by atoms with Gasteiger partial charge in [-0.15, -0.1) is 0 Å². The van der Waals surface area contributed by atoms with E-state index in [9.17, 15) is 0 Å². The normalized spacial score (nSPS) is 23.5. The van der Waals surface area contributed by atoms with Crippen LogP contribution in [-0.4, -0.2) is 12.2 Å². The minimum atomic E-state index is 0.271. The van der Waals surface area contributed by atoms with Crippen molar-refractivity contribution in [2.45, 2.75) is 58.0 Å². The average molecular weight is 156 g/mol. The van der Waals surface area contributed by atoms with Gasteiger partial charge in [0, 0.05) is 6.61 Å². The summed E-state index contributed by atoms with van der Waals surface area (Å²) < 4.78 is 5.82. The molecular weight excluding hydrogens is 136 g/mol. The molecule has 0 aromatic carbocycles. The molecule has 0 N–H and O–H groups in total. The van der Waals surface area contributed by atoms with E-state index in [4.69, 9.17) is 4.74 Å². The molecule has 1 heteroatoms. The molecule has 66 valence electrons. The highest BCUT2D eigenvalue weighted by atomic mass is 16.5. The summed E-state index contributed by atoms with van der Waals surface area (Å²) in [6.45, 7) is 5.24. The zero-order valence-electron chi connectivity index (χ0n) is 7.86. The van der Waals surface area contributed by atoms with E-state index in [-0.39, 0.29) is 5.60 Å². The van der Waals surface area contributed by atoms with Gasteiger partial charge in [-0.3, -0.25) is 0 Å². The SMILES string of the molecule is CCOC1(CC)CCCCC1. The fourth-order valence-electron chi connectivity index (χ4n) is 2.10. The highest BCUT2D eigenvalue weighted by molar-refractivity contribution is 4.82. The highest BCUT2D eigenvalue weighted by Gasteiger charge is 2.29. The third-order valence-electron chi connectivity index (χ3n) is 2.86. The number of rotatable bonds is 3. The van der Waals surface area contributed by atoms with Gasteiger partial charge < -0.3 is 4.74 Å². The molecule has 0 saturated heterocycles. The standard InChI is InChI=1S/C10H20O/c1-3-10(11-4-2)8-6-5-7-9-10/h3-9H2,1-2H3. The van der Waals surface area contributed by atoms with Gasteiger partial charge in [-0.25, -0.2) is 0 Å². The van der Waals surface area contributed by atoms with Gasteiger partial charge in [0.2, 0.25) is 0 Å². The molecule has 0 bridgehead atoms. The first-order valence-electron chi connectivity index (χ1n) is 4.97. The van der Waals surface area contributed by atoms with Crippen LogP contribution in [0.15, 0.2) is 0 Å². The topological polar surface area (TPSA) is 9.23 Å². The fraction of sp³-hybridized carbons (Fsp3) is 1.00. The van der Waals surface area contributed by atoms with Crippen LogP contribution in [0.3, 0.4) is 0 Å². The maximum atomic E-state index is 5.82.